The van der Waals surface area contributed by atoms with E-state index in [4.69, 9.17) is 9.47 Å². The zero-order valence-corrected chi connectivity index (χ0v) is 24.0. The van der Waals surface area contributed by atoms with E-state index in [0.717, 1.165) is 24.2 Å². The van der Waals surface area contributed by atoms with Gasteiger partial charge >= 0.3 is 0 Å². The van der Waals surface area contributed by atoms with E-state index >= 15 is 0 Å². The van der Waals surface area contributed by atoms with E-state index in [0.29, 0.717) is 45.7 Å². The molecule has 0 radical (unpaired) electrons. The van der Waals surface area contributed by atoms with Crippen molar-refractivity contribution >= 4 is 17.7 Å². The minimum atomic E-state index is -1.16. The molecule has 3 N–H and O–H groups in total. The summed E-state index contributed by atoms with van der Waals surface area (Å²) in [5.41, 5.74) is -0.356. The van der Waals surface area contributed by atoms with E-state index in [2.05, 4.69) is 15.5 Å². The van der Waals surface area contributed by atoms with Crippen LogP contribution in [0.5, 0.6) is 0 Å². The molecule has 4 heterocycles. The Morgan fingerprint density at radius 1 is 1.00 bits per heavy atom. The van der Waals surface area contributed by atoms with Gasteiger partial charge in [-0.1, -0.05) is 60.7 Å². The quantitative estimate of drug-likeness (QED) is 0.390. The summed E-state index contributed by atoms with van der Waals surface area (Å²) in [6.45, 7) is 5.87. The van der Waals surface area contributed by atoms with Gasteiger partial charge in [0.15, 0.2) is 0 Å². The van der Waals surface area contributed by atoms with Crippen molar-refractivity contribution < 1.29 is 29.0 Å². The average molecular weight is 577 g/mol. The number of carbonyl (C=O) groups is 3. The van der Waals surface area contributed by atoms with E-state index in [1.54, 1.807) is 0 Å². The van der Waals surface area contributed by atoms with Gasteiger partial charge in [-0.15, -0.1) is 0 Å². The Hall–Kier alpha value is -3.31. The average Bonchev–Trinajstić information content (AvgIpc) is 3.59. The molecular weight excluding hydrogens is 536 g/mol. The van der Waals surface area contributed by atoms with Crippen LogP contribution >= 0.6 is 0 Å². The number of fused-ring (bicyclic) bond motifs is 1. The number of aliphatic hydroxyl groups excluding tert-OH is 1. The first-order valence-corrected chi connectivity index (χ1v) is 15.0. The fourth-order valence-corrected chi connectivity index (χ4v) is 7.58. The van der Waals surface area contributed by atoms with Gasteiger partial charge in [0.05, 0.1) is 43.3 Å². The topological polar surface area (TPSA) is 120 Å². The largest absolute Gasteiger partial charge is 0.394 e. The molecule has 4 aliphatic heterocycles. The smallest absolute Gasteiger partial charge is 0.245 e. The molecule has 6 rings (SSSR count). The number of nitrogens with zero attached hydrogens (tertiary/aromatic N) is 2. The standard InChI is InChI=1S/C32H40N4O6/c1-31-12-13-32(42-31)26(25(31)28(38)34-20-22-8-4-2-5-9-22)30(40)36(24(21-37)23-10-6-3-7-11-23)27(32)29(39)33-14-15-35-16-18-41-19-17-35/h2-11,24-27,37H,12-21H2,1H3,(H,33,39)(H,34,38)/t24-,25-,26+,27?,31+,32?/m1/s1. The number of benzene rings is 2. The molecule has 3 amide bonds. The van der Waals surface area contributed by atoms with Crippen molar-refractivity contribution in [3.63, 3.8) is 0 Å². The van der Waals surface area contributed by atoms with Crippen molar-refractivity contribution in [2.24, 2.45) is 11.8 Å². The first-order chi connectivity index (χ1) is 20.4. The molecule has 1 spiro atoms. The molecule has 6 atom stereocenters. The summed E-state index contributed by atoms with van der Waals surface area (Å²) < 4.78 is 12.2. The fourth-order valence-electron chi connectivity index (χ4n) is 7.58. The molecule has 0 saturated carbocycles. The highest BCUT2D eigenvalue weighted by Gasteiger charge is 2.78. The molecule has 2 bridgehead atoms. The Labute approximate surface area is 246 Å². The highest BCUT2D eigenvalue weighted by molar-refractivity contribution is 5.99. The van der Waals surface area contributed by atoms with Crippen molar-refractivity contribution in [2.45, 2.75) is 49.6 Å². The zero-order valence-electron chi connectivity index (χ0n) is 24.0. The molecule has 4 aliphatic rings. The number of amides is 3. The van der Waals surface area contributed by atoms with Crippen LogP contribution in [-0.2, 0) is 30.4 Å². The molecule has 0 aliphatic carbocycles. The number of morpholine rings is 1. The van der Waals surface area contributed by atoms with Gasteiger partial charge in [0.1, 0.15) is 11.6 Å². The van der Waals surface area contributed by atoms with E-state index in [1.165, 1.54) is 4.90 Å². The molecule has 10 heteroatoms. The fraction of sp³-hybridized carbons (Fsp3) is 0.531. The second-order valence-electron chi connectivity index (χ2n) is 12.0. The van der Waals surface area contributed by atoms with E-state index < -0.39 is 35.1 Å². The van der Waals surface area contributed by atoms with Crippen LogP contribution in [-0.4, -0.2) is 95.9 Å². The van der Waals surface area contributed by atoms with Crippen LogP contribution in [0.3, 0.4) is 0 Å². The van der Waals surface area contributed by atoms with Crippen LogP contribution in [0.2, 0.25) is 0 Å². The number of hydrogen-bond donors (Lipinski definition) is 3. The maximum atomic E-state index is 14.5. The third-order valence-electron chi connectivity index (χ3n) is 9.58. The predicted molar refractivity (Wildman–Crippen MR) is 154 cm³/mol. The Morgan fingerprint density at radius 2 is 1.69 bits per heavy atom. The third kappa shape index (κ3) is 5.00. The van der Waals surface area contributed by atoms with E-state index in [1.807, 2.05) is 67.6 Å². The molecule has 10 nitrogen and oxygen atoms in total. The van der Waals surface area contributed by atoms with Crippen LogP contribution in [0.25, 0.3) is 0 Å². The maximum absolute atomic E-state index is 14.5. The highest BCUT2D eigenvalue weighted by atomic mass is 16.5. The molecule has 0 aromatic heterocycles. The summed E-state index contributed by atoms with van der Waals surface area (Å²) in [5, 5.41) is 16.7. The molecule has 2 aromatic rings. The van der Waals surface area contributed by atoms with Crippen LogP contribution in [0.1, 0.15) is 36.9 Å². The van der Waals surface area contributed by atoms with Crippen molar-refractivity contribution in [1.82, 2.24) is 20.4 Å². The number of rotatable bonds is 10. The molecule has 42 heavy (non-hydrogen) atoms. The molecule has 4 saturated heterocycles. The highest BCUT2D eigenvalue weighted by Crippen LogP contribution is 2.64. The van der Waals surface area contributed by atoms with Crippen molar-refractivity contribution in [1.29, 1.82) is 0 Å². The Kier molecular flexibility index (Phi) is 8.06. The van der Waals surface area contributed by atoms with Gasteiger partial charge in [0.25, 0.3) is 0 Å². The summed E-state index contributed by atoms with van der Waals surface area (Å²) in [4.78, 5) is 46.1. The van der Waals surface area contributed by atoms with Crippen LogP contribution in [0.15, 0.2) is 60.7 Å². The van der Waals surface area contributed by atoms with Crippen LogP contribution < -0.4 is 10.6 Å². The SMILES string of the molecule is C[C@@]12CCC3(O1)C(C(=O)NCCN1CCOCC1)N([C@H](CO)c1ccccc1)C(=O)[C@@H]3[C@@H]2C(=O)NCc1ccccc1. The summed E-state index contributed by atoms with van der Waals surface area (Å²) in [6, 6.07) is 17.1. The third-order valence-corrected chi connectivity index (χ3v) is 9.58. The summed E-state index contributed by atoms with van der Waals surface area (Å²) in [6.07, 6.45) is 1.04. The number of ether oxygens (including phenoxy) is 2. The Morgan fingerprint density at radius 3 is 2.38 bits per heavy atom. The first-order valence-electron chi connectivity index (χ1n) is 15.0. The zero-order chi connectivity index (χ0) is 29.3. The minimum absolute atomic E-state index is 0.255. The number of aliphatic hydroxyl groups is 1. The summed E-state index contributed by atoms with van der Waals surface area (Å²) >= 11 is 0. The first kappa shape index (κ1) is 28.8. The van der Waals surface area contributed by atoms with E-state index in [9.17, 15) is 19.5 Å². The molecular formula is C32H40N4O6. The molecule has 2 aromatic carbocycles. The summed E-state index contributed by atoms with van der Waals surface area (Å²) in [7, 11) is 0. The normalized spacial score (nSPS) is 31.1. The molecule has 4 fully saturated rings. The Balaban J connectivity index is 1.30. The summed E-state index contributed by atoms with van der Waals surface area (Å²) in [5.74, 6) is -2.49. The maximum Gasteiger partial charge on any atom is 0.245 e. The van der Waals surface area contributed by atoms with Gasteiger partial charge in [0, 0.05) is 32.7 Å². The van der Waals surface area contributed by atoms with Crippen LogP contribution in [0.4, 0.5) is 0 Å². The number of hydrogen-bond acceptors (Lipinski definition) is 7. The van der Waals surface area contributed by atoms with Gasteiger partial charge in [-0.3, -0.25) is 19.3 Å². The predicted octanol–water partition coefficient (Wildman–Crippen LogP) is 1.25. The van der Waals surface area contributed by atoms with Crippen molar-refractivity contribution in [2.75, 3.05) is 46.0 Å². The lowest BCUT2D eigenvalue weighted by Gasteiger charge is -2.37. The monoisotopic (exact) mass is 576 g/mol. The van der Waals surface area contributed by atoms with Gasteiger partial charge < -0.3 is 30.1 Å². The molecule has 2 unspecified atom stereocenters. The second-order valence-corrected chi connectivity index (χ2v) is 12.0. The number of carbonyl (C=O) groups excluding carboxylic acids is 3. The van der Waals surface area contributed by atoms with Gasteiger partial charge in [-0.25, -0.2) is 0 Å². The van der Waals surface area contributed by atoms with Crippen molar-refractivity contribution in [3.05, 3.63) is 71.8 Å². The lowest BCUT2D eigenvalue weighted by atomic mass is 9.66. The van der Waals surface area contributed by atoms with Gasteiger partial charge in [-0.05, 0) is 30.9 Å². The van der Waals surface area contributed by atoms with E-state index in [-0.39, 0.29) is 24.3 Å². The van der Waals surface area contributed by atoms with Gasteiger partial charge in [0.2, 0.25) is 17.7 Å². The Bertz CT molecular complexity index is 1290. The lowest BCUT2D eigenvalue weighted by Crippen LogP contribution is -2.57. The van der Waals surface area contributed by atoms with Crippen LogP contribution in [0, 0.1) is 11.8 Å². The van der Waals surface area contributed by atoms with Gasteiger partial charge in [-0.2, -0.15) is 0 Å². The number of likely N-dealkylation sites (tertiary alicyclic amines) is 1. The second kappa shape index (κ2) is 11.8. The van der Waals surface area contributed by atoms with Crippen molar-refractivity contribution in [3.8, 4) is 0 Å². The molecule has 224 valence electrons. The minimum Gasteiger partial charge on any atom is -0.394 e. The lowest BCUT2D eigenvalue weighted by molar-refractivity contribution is -0.150. The number of nitrogens with one attached hydrogen (secondary N) is 2.